The monoisotopic (exact) mass is 278 g/mol. The van der Waals surface area contributed by atoms with Gasteiger partial charge in [0.2, 0.25) is 0 Å². The third kappa shape index (κ3) is 2.40. The summed E-state index contributed by atoms with van der Waals surface area (Å²) in [4.78, 5) is 4.23. The number of nitrogens with zero attached hydrogens (tertiary/aromatic N) is 2. The molecule has 3 aromatic rings. The summed E-state index contributed by atoms with van der Waals surface area (Å²) in [5, 5.41) is 7.23. The van der Waals surface area contributed by atoms with Crippen LogP contribution in [0.15, 0.2) is 36.5 Å². The number of nitrogen functional groups attached to an aromatic ring is 1. The fourth-order valence-corrected chi connectivity index (χ4v) is 2.46. The highest BCUT2D eigenvalue weighted by molar-refractivity contribution is 5.88. The molecule has 3 N–H and O–H groups in total. The molecule has 0 unspecified atom stereocenters. The second-order valence-electron chi connectivity index (χ2n) is 5.34. The van der Waals surface area contributed by atoms with Gasteiger partial charge in [-0.25, -0.2) is 0 Å². The molecule has 106 valence electrons. The van der Waals surface area contributed by atoms with Crippen LogP contribution in [0.1, 0.15) is 16.8 Å². The lowest BCUT2D eigenvalue weighted by Gasteiger charge is -2.08. The second-order valence-corrected chi connectivity index (χ2v) is 5.34. The van der Waals surface area contributed by atoms with E-state index in [1.807, 2.05) is 19.1 Å². The van der Waals surface area contributed by atoms with Gasteiger partial charge < -0.3 is 5.73 Å². The lowest BCUT2D eigenvalue weighted by molar-refractivity contribution is 1.10. The molecule has 2 aromatic heterocycles. The van der Waals surface area contributed by atoms with E-state index in [1.165, 1.54) is 11.1 Å². The van der Waals surface area contributed by atoms with Crippen molar-refractivity contribution in [1.29, 1.82) is 0 Å². The number of nitrogens with one attached hydrogen (secondary N) is 1. The molecule has 0 aliphatic heterocycles. The smallest absolute Gasteiger partial charge is 0.153 e. The maximum Gasteiger partial charge on any atom is 0.153 e. The summed E-state index contributed by atoms with van der Waals surface area (Å²) in [6.45, 7) is 6.18. The molecule has 0 bridgehead atoms. The van der Waals surface area contributed by atoms with Crippen molar-refractivity contribution >= 4 is 5.82 Å². The molecule has 0 saturated heterocycles. The number of aromatic nitrogens is 3. The van der Waals surface area contributed by atoms with Crippen molar-refractivity contribution in [3.63, 3.8) is 0 Å². The number of pyridine rings is 1. The third-order valence-corrected chi connectivity index (χ3v) is 3.78. The van der Waals surface area contributed by atoms with Crippen molar-refractivity contribution in [3.05, 3.63) is 53.3 Å². The summed E-state index contributed by atoms with van der Waals surface area (Å²) in [5.41, 5.74) is 13.5. The maximum atomic E-state index is 6.08. The van der Waals surface area contributed by atoms with Gasteiger partial charge in [0.1, 0.15) is 0 Å². The molecule has 4 nitrogen and oxygen atoms in total. The minimum Gasteiger partial charge on any atom is -0.382 e. The Labute approximate surface area is 124 Å². The minimum absolute atomic E-state index is 0.516. The van der Waals surface area contributed by atoms with Crippen molar-refractivity contribution in [3.8, 4) is 22.4 Å². The Morgan fingerprint density at radius 3 is 2.48 bits per heavy atom. The van der Waals surface area contributed by atoms with Crippen LogP contribution >= 0.6 is 0 Å². The lowest BCUT2D eigenvalue weighted by Crippen LogP contribution is -1.91. The molecule has 1 aromatic carbocycles. The fraction of sp³-hybridized carbons (Fsp3) is 0.176. The fourth-order valence-electron chi connectivity index (χ4n) is 2.46. The Bertz CT molecular complexity index is 802. The molecule has 0 spiro atoms. The first kappa shape index (κ1) is 13.4. The van der Waals surface area contributed by atoms with E-state index in [9.17, 15) is 0 Å². The van der Waals surface area contributed by atoms with Crippen molar-refractivity contribution in [1.82, 2.24) is 15.2 Å². The quantitative estimate of drug-likeness (QED) is 0.752. The van der Waals surface area contributed by atoms with Gasteiger partial charge in [-0.3, -0.25) is 10.1 Å². The Morgan fingerprint density at radius 2 is 1.76 bits per heavy atom. The number of nitrogens with two attached hydrogens (primary N) is 1. The molecule has 0 amide bonds. The van der Waals surface area contributed by atoms with E-state index in [4.69, 9.17) is 5.73 Å². The predicted octanol–water partition coefficient (Wildman–Crippen LogP) is 3.65. The van der Waals surface area contributed by atoms with Gasteiger partial charge in [-0.15, -0.1) is 0 Å². The van der Waals surface area contributed by atoms with Crippen LogP contribution < -0.4 is 5.73 Å². The number of rotatable bonds is 2. The Balaban J connectivity index is 2.19. The maximum absolute atomic E-state index is 6.08. The van der Waals surface area contributed by atoms with Gasteiger partial charge in [0, 0.05) is 17.5 Å². The molecule has 0 radical (unpaired) electrons. The summed E-state index contributed by atoms with van der Waals surface area (Å²) < 4.78 is 0. The van der Waals surface area contributed by atoms with E-state index in [2.05, 4.69) is 47.2 Å². The van der Waals surface area contributed by atoms with E-state index in [0.29, 0.717) is 5.82 Å². The average molecular weight is 278 g/mol. The van der Waals surface area contributed by atoms with Crippen LogP contribution in [0.3, 0.4) is 0 Å². The van der Waals surface area contributed by atoms with Crippen LogP contribution in [0.5, 0.6) is 0 Å². The molecule has 0 aliphatic carbocycles. The van der Waals surface area contributed by atoms with E-state index < -0.39 is 0 Å². The number of aryl methyl sites for hydroxylation is 3. The summed E-state index contributed by atoms with van der Waals surface area (Å²) in [7, 11) is 0. The van der Waals surface area contributed by atoms with Crippen LogP contribution in [-0.2, 0) is 0 Å². The van der Waals surface area contributed by atoms with Gasteiger partial charge >= 0.3 is 0 Å². The minimum atomic E-state index is 0.516. The number of hydrogen-bond acceptors (Lipinski definition) is 3. The molecule has 3 rings (SSSR count). The van der Waals surface area contributed by atoms with Crippen LogP contribution in [0.25, 0.3) is 22.4 Å². The first-order valence-electron chi connectivity index (χ1n) is 6.91. The van der Waals surface area contributed by atoms with Gasteiger partial charge in [-0.1, -0.05) is 18.2 Å². The number of aromatic amines is 1. The Morgan fingerprint density at radius 1 is 0.952 bits per heavy atom. The number of H-pyrrole nitrogens is 1. The first-order chi connectivity index (χ1) is 10.1. The Kier molecular flexibility index (Phi) is 3.22. The molecule has 0 aliphatic rings. The lowest BCUT2D eigenvalue weighted by atomic mass is 9.98. The van der Waals surface area contributed by atoms with Crippen LogP contribution in [0, 0.1) is 20.8 Å². The zero-order valence-electron chi connectivity index (χ0n) is 12.4. The highest BCUT2D eigenvalue weighted by atomic mass is 15.2. The second kappa shape index (κ2) is 5.05. The normalized spacial score (nSPS) is 10.8. The number of benzene rings is 1. The summed E-state index contributed by atoms with van der Waals surface area (Å²) in [5.74, 6) is 0.516. The molecular weight excluding hydrogens is 260 g/mol. The van der Waals surface area contributed by atoms with Gasteiger partial charge in [0.25, 0.3) is 0 Å². The topological polar surface area (TPSA) is 67.6 Å². The highest BCUT2D eigenvalue weighted by Gasteiger charge is 2.15. The Hall–Kier alpha value is -2.62. The summed E-state index contributed by atoms with van der Waals surface area (Å²) in [6, 6.07) is 10.3. The molecular formula is C17H18N4. The zero-order valence-corrected chi connectivity index (χ0v) is 12.4. The standard InChI is InChI=1S/C17H18N4/c1-10-4-5-13(8-11(10)2)15-16(20-21-17(15)18)14-6-7-19-12(3)9-14/h4-9H,1-3H3,(H3,18,20,21). The number of hydrogen-bond donors (Lipinski definition) is 2. The van der Waals surface area contributed by atoms with Crippen molar-refractivity contribution < 1.29 is 0 Å². The molecule has 21 heavy (non-hydrogen) atoms. The van der Waals surface area contributed by atoms with Crippen molar-refractivity contribution in [2.75, 3.05) is 5.73 Å². The third-order valence-electron chi connectivity index (χ3n) is 3.78. The van der Waals surface area contributed by atoms with Gasteiger partial charge in [-0.05, 0) is 49.6 Å². The van der Waals surface area contributed by atoms with E-state index >= 15 is 0 Å². The summed E-state index contributed by atoms with van der Waals surface area (Å²) in [6.07, 6.45) is 1.80. The van der Waals surface area contributed by atoms with Gasteiger partial charge in [-0.2, -0.15) is 5.10 Å². The SMILES string of the molecule is Cc1cc(-c2[nH]nc(N)c2-c2ccc(C)c(C)c2)ccn1. The molecule has 0 fully saturated rings. The molecule has 2 heterocycles. The highest BCUT2D eigenvalue weighted by Crippen LogP contribution is 2.35. The van der Waals surface area contributed by atoms with Crippen LogP contribution in [0.2, 0.25) is 0 Å². The van der Waals surface area contributed by atoms with Crippen molar-refractivity contribution in [2.45, 2.75) is 20.8 Å². The van der Waals surface area contributed by atoms with E-state index in [1.54, 1.807) is 6.20 Å². The first-order valence-corrected chi connectivity index (χ1v) is 6.91. The number of anilines is 1. The summed E-state index contributed by atoms with van der Waals surface area (Å²) >= 11 is 0. The average Bonchev–Trinajstić information content (AvgIpc) is 2.84. The van der Waals surface area contributed by atoms with Gasteiger partial charge in [0.05, 0.1) is 11.3 Å². The predicted molar refractivity (Wildman–Crippen MR) is 85.9 cm³/mol. The van der Waals surface area contributed by atoms with Gasteiger partial charge in [0.15, 0.2) is 5.82 Å². The molecule has 4 heteroatoms. The zero-order chi connectivity index (χ0) is 15.0. The molecule has 0 atom stereocenters. The van der Waals surface area contributed by atoms with Crippen molar-refractivity contribution in [2.24, 2.45) is 0 Å². The van der Waals surface area contributed by atoms with E-state index in [-0.39, 0.29) is 0 Å². The molecule has 0 saturated carbocycles. The van der Waals surface area contributed by atoms with Crippen LogP contribution in [0.4, 0.5) is 5.82 Å². The largest absolute Gasteiger partial charge is 0.382 e. The van der Waals surface area contributed by atoms with E-state index in [0.717, 1.165) is 28.1 Å². The van der Waals surface area contributed by atoms with Crippen LogP contribution in [-0.4, -0.2) is 15.2 Å².